The summed E-state index contributed by atoms with van der Waals surface area (Å²) in [5, 5.41) is 0. The number of rotatable bonds is 5. The van der Waals surface area contributed by atoms with Crippen LogP contribution in [0.2, 0.25) is 0 Å². The molecule has 3 atom stereocenters. The van der Waals surface area contributed by atoms with Crippen LogP contribution in [0.15, 0.2) is 54.8 Å². The molecule has 1 nitrogen and oxygen atoms in total. The largest absolute Gasteiger partial charge is 0.497 e. The zero-order chi connectivity index (χ0) is 16.2. The highest BCUT2D eigenvalue weighted by molar-refractivity contribution is 5.25. The lowest BCUT2D eigenvalue weighted by Crippen LogP contribution is -2.42. The van der Waals surface area contributed by atoms with Crippen molar-refractivity contribution >= 4 is 0 Å². The van der Waals surface area contributed by atoms with Gasteiger partial charge in [-0.05, 0) is 42.2 Å². The molecule has 2 rings (SSSR count). The lowest BCUT2D eigenvalue weighted by molar-refractivity contribution is 0.00193. The van der Waals surface area contributed by atoms with Gasteiger partial charge in [-0.2, -0.15) is 0 Å². The van der Waals surface area contributed by atoms with Gasteiger partial charge in [0.2, 0.25) is 0 Å². The van der Waals surface area contributed by atoms with Crippen LogP contribution < -0.4 is 0 Å². The second-order valence-electron chi connectivity index (χ2n) is 7.35. The van der Waals surface area contributed by atoms with Crippen molar-refractivity contribution in [1.29, 1.82) is 0 Å². The highest BCUT2D eigenvalue weighted by Crippen LogP contribution is 2.43. The molecule has 22 heavy (non-hydrogen) atoms. The van der Waals surface area contributed by atoms with Crippen LogP contribution in [0.4, 0.5) is 0 Å². The molecule has 0 bridgehead atoms. The number of hydrogen-bond donors (Lipinski definition) is 0. The van der Waals surface area contributed by atoms with Crippen LogP contribution in [0, 0.1) is 11.8 Å². The first-order valence-corrected chi connectivity index (χ1v) is 8.45. The normalized spacial score (nSPS) is 26.5. The van der Waals surface area contributed by atoms with E-state index >= 15 is 0 Å². The van der Waals surface area contributed by atoms with E-state index in [9.17, 15) is 0 Å². The molecular formula is C21H30O. The van der Waals surface area contributed by atoms with Gasteiger partial charge in [0.15, 0.2) is 0 Å². The van der Waals surface area contributed by atoms with Crippen molar-refractivity contribution in [2.45, 2.75) is 58.5 Å². The number of ether oxygens (including phenoxy) is 1. The lowest BCUT2D eigenvalue weighted by atomic mass is 9.64. The van der Waals surface area contributed by atoms with Crippen LogP contribution in [0.25, 0.3) is 0 Å². The highest BCUT2D eigenvalue weighted by Gasteiger charge is 2.40. The summed E-state index contributed by atoms with van der Waals surface area (Å²) in [4.78, 5) is 0. The molecule has 0 radical (unpaired) electrons. The molecule has 0 amide bonds. The molecule has 1 fully saturated rings. The minimum absolute atomic E-state index is 0.127. The first-order valence-electron chi connectivity index (χ1n) is 8.45. The van der Waals surface area contributed by atoms with Crippen LogP contribution in [0.3, 0.4) is 0 Å². The molecule has 1 aromatic rings. The predicted molar refractivity (Wildman–Crippen MR) is 94.8 cm³/mol. The number of hydrogen-bond acceptors (Lipinski definition) is 1. The van der Waals surface area contributed by atoms with Crippen molar-refractivity contribution in [1.82, 2.24) is 0 Å². The zero-order valence-electron chi connectivity index (χ0n) is 14.5. The van der Waals surface area contributed by atoms with Gasteiger partial charge in [-0.1, -0.05) is 70.2 Å². The van der Waals surface area contributed by atoms with Gasteiger partial charge in [0.1, 0.15) is 6.10 Å². The molecule has 1 aromatic carbocycles. The highest BCUT2D eigenvalue weighted by atomic mass is 16.5. The van der Waals surface area contributed by atoms with E-state index in [0.717, 1.165) is 17.9 Å². The van der Waals surface area contributed by atoms with E-state index < -0.39 is 0 Å². The minimum atomic E-state index is 0.127. The van der Waals surface area contributed by atoms with Gasteiger partial charge in [-0.15, -0.1) is 0 Å². The van der Waals surface area contributed by atoms with Crippen molar-refractivity contribution < 1.29 is 4.74 Å². The van der Waals surface area contributed by atoms with Gasteiger partial charge in [0.05, 0.1) is 6.26 Å². The van der Waals surface area contributed by atoms with E-state index in [1.54, 1.807) is 0 Å². The van der Waals surface area contributed by atoms with E-state index in [-0.39, 0.29) is 11.5 Å². The summed E-state index contributed by atoms with van der Waals surface area (Å²) in [7, 11) is 0. The summed E-state index contributed by atoms with van der Waals surface area (Å²) >= 11 is 0. The quantitative estimate of drug-likeness (QED) is 0.487. The van der Waals surface area contributed by atoms with Gasteiger partial charge in [0.25, 0.3) is 0 Å². The van der Waals surface area contributed by atoms with Crippen molar-refractivity contribution in [3.05, 3.63) is 60.4 Å². The van der Waals surface area contributed by atoms with E-state index in [0.29, 0.717) is 5.92 Å². The Balaban J connectivity index is 2.23. The Morgan fingerprint density at radius 3 is 2.55 bits per heavy atom. The molecule has 1 aliphatic rings. The molecule has 0 heterocycles. The Morgan fingerprint density at radius 2 is 1.91 bits per heavy atom. The molecule has 0 unspecified atom stereocenters. The van der Waals surface area contributed by atoms with Crippen molar-refractivity contribution in [2.24, 2.45) is 11.8 Å². The monoisotopic (exact) mass is 298 g/mol. The third kappa shape index (κ3) is 3.82. The SMILES string of the molecule is C=C/C(C)=C/O[C@H]1C[C@@H](C)CC[C@@H]1C(C)(C)c1ccccc1. The van der Waals surface area contributed by atoms with Gasteiger partial charge >= 0.3 is 0 Å². The maximum absolute atomic E-state index is 6.19. The average molecular weight is 298 g/mol. The maximum atomic E-state index is 6.19. The first kappa shape index (κ1) is 16.9. The second kappa shape index (κ2) is 7.17. The lowest BCUT2D eigenvalue weighted by Gasteiger charge is -2.44. The fraction of sp³-hybridized carbons (Fsp3) is 0.524. The molecule has 0 N–H and O–H groups in total. The van der Waals surface area contributed by atoms with Crippen molar-refractivity contribution in [2.75, 3.05) is 0 Å². The van der Waals surface area contributed by atoms with E-state index in [4.69, 9.17) is 4.74 Å². The minimum Gasteiger partial charge on any atom is -0.497 e. The molecule has 1 aliphatic carbocycles. The van der Waals surface area contributed by atoms with E-state index in [1.165, 1.54) is 18.4 Å². The fourth-order valence-corrected chi connectivity index (χ4v) is 3.63. The van der Waals surface area contributed by atoms with Crippen LogP contribution in [0.5, 0.6) is 0 Å². The van der Waals surface area contributed by atoms with Crippen LogP contribution in [-0.4, -0.2) is 6.10 Å². The van der Waals surface area contributed by atoms with Crippen LogP contribution in [-0.2, 0) is 10.2 Å². The van der Waals surface area contributed by atoms with E-state index in [2.05, 4.69) is 57.7 Å². The number of benzene rings is 1. The van der Waals surface area contributed by atoms with Crippen molar-refractivity contribution in [3.63, 3.8) is 0 Å². The van der Waals surface area contributed by atoms with Crippen LogP contribution >= 0.6 is 0 Å². The topological polar surface area (TPSA) is 9.23 Å². The standard InChI is InChI=1S/C21H30O/c1-6-16(2)15-22-20-14-17(3)12-13-19(20)21(4,5)18-10-8-7-9-11-18/h6-11,15,17,19-20H,1,12-14H2,2-5H3/b16-15+/t17-,19-,20-/m0/s1. The predicted octanol–water partition coefficient (Wildman–Crippen LogP) is 5.88. The number of allylic oxidation sites excluding steroid dienone is 2. The Labute approximate surface area is 136 Å². The van der Waals surface area contributed by atoms with Gasteiger partial charge < -0.3 is 4.74 Å². The molecule has 1 heteroatoms. The average Bonchev–Trinajstić information content (AvgIpc) is 2.53. The molecule has 0 aliphatic heterocycles. The maximum Gasteiger partial charge on any atom is 0.102 e. The van der Waals surface area contributed by atoms with Gasteiger partial charge in [-0.25, -0.2) is 0 Å². The van der Waals surface area contributed by atoms with Crippen LogP contribution in [0.1, 0.15) is 52.5 Å². The molecule has 1 saturated carbocycles. The van der Waals surface area contributed by atoms with Gasteiger partial charge in [0, 0.05) is 5.92 Å². The summed E-state index contributed by atoms with van der Waals surface area (Å²) in [5.41, 5.74) is 2.63. The Kier molecular flexibility index (Phi) is 5.50. The summed E-state index contributed by atoms with van der Waals surface area (Å²) < 4.78 is 6.19. The summed E-state index contributed by atoms with van der Waals surface area (Å²) in [5.74, 6) is 1.28. The van der Waals surface area contributed by atoms with Gasteiger partial charge in [-0.3, -0.25) is 0 Å². The Hall–Kier alpha value is -1.50. The van der Waals surface area contributed by atoms with Crippen molar-refractivity contribution in [3.8, 4) is 0 Å². The molecule has 0 aromatic heterocycles. The summed E-state index contributed by atoms with van der Waals surface area (Å²) in [6.45, 7) is 12.9. The van der Waals surface area contributed by atoms with E-state index in [1.807, 2.05) is 19.3 Å². The Bertz CT molecular complexity index is 512. The summed E-state index contributed by atoms with van der Waals surface area (Å²) in [6.07, 6.45) is 7.70. The third-order valence-electron chi connectivity index (χ3n) is 5.25. The third-order valence-corrected chi connectivity index (χ3v) is 5.25. The first-order chi connectivity index (χ1) is 10.4. The second-order valence-corrected chi connectivity index (χ2v) is 7.35. The summed E-state index contributed by atoms with van der Waals surface area (Å²) in [6, 6.07) is 10.9. The zero-order valence-corrected chi connectivity index (χ0v) is 14.5. The molecular weight excluding hydrogens is 268 g/mol. The molecule has 0 spiro atoms. The fourth-order valence-electron chi connectivity index (χ4n) is 3.63. The molecule has 120 valence electrons. The Morgan fingerprint density at radius 1 is 1.23 bits per heavy atom. The smallest absolute Gasteiger partial charge is 0.102 e. The molecule has 0 saturated heterocycles.